The highest BCUT2D eigenvalue weighted by Gasteiger charge is 2.54. The van der Waals surface area contributed by atoms with Crippen LogP contribution in [-0.2, 0) is 26.3 Å². The Morgan fingerprint density at radius 1 is 1.18 bits per heavy atom. The van der Waals surface area contributed by atoms with Gasteiger partial charge < -0.3 is 4.90 Å². The average Bonchev–Trinajstić information content (AvgIpc) is 3.36. The highest BCUT2D eigenvalue weighted by atomic mass is 32.1. The van der Waals surface area contributed by atoms with E-state index in [0.717, 1.165) is 16.3 Å². The number of aryl methyl sites for hydroxylation is 1. The van der Waals surface area contributed by atoms with Gasteiger partial charge in [0.2, 0.25) is 17.7 Å². The lowest BCUT2D eigenvalue weighted by atomic mass is 9.75. The van der Waals surface area contributed by atoms with Crippen molar-refractivity contribution in [3.63, 3.8) is 0 Å². The first-order chi connectivity index (χ1) is 15.8. The largest absolute Gasteiger partial charge is 0.337 e. The van der Waals surface area contributed by atoms with Gasteiger partial charge >= 0.3 is 0 Å². The lowest BCUT2D eigenvalue weighted by molar-refractivity contribution is -0.143. The second-order valence-corrected chi connectivity index (χ2v) is 9.34. The fraction of sp³-hybridized carbons (Fsp3) is 0.320. The molecule has 0 radical (unpaired) electrons. The molecule has 3 amide bonds. The van der Waals surface area contributed by atoms with Gasteiger partial charge in [-0.2, -0.15) is 0 Å². The highest BCUT2D eigenvalue weighted by Crippen LogP contribution is 2.41. The topological polar surface area (TPSA) is 83.5 Å². The van der Waals surface area contributed by atoms with Crippen LogP contribution in [-0.4, -0.2) is 44.5 Å². The molecule has 1 saturated heterocycles. The molecular weight excluding hydrogens is 436 g/mol. The Labute approximate surface area is 197 Å². The van der Waals surface area contributed by atoms with E-state index in [1.807, 2.05) is 49.6 Å². The number of pyridine rings is 1. The number of rotatable bonds is 7. The number of imide groups is 1. The van der Waals surface area contributed by atoms with Gasteiger partial charge in [0.1, 0.15) is 5.01 Å². The van der Waals surface area contributed by atoms with Crippen LogP contribution in [0.2, 0.25) is 0 Å². The van der Waals surface area contributed by atoms with Gasteiger partial charge in [-0.15, -0.1) is 11.3 Å². The third-order valence-electron chi connectivity index (χ3n) is 6.25. The van der Waals surface area contributed by atoms with E-state index >= 15 is 0 Å². The molecule has 1 fully saturated rings. The third-order valence-corrected chi connectivity index (χ3v) is 7.38. The monoisotopic (exact) mass is 462 g/mol. The maximum absolute atomic E-state index is 13.8. The van der Waals surface area contributed by atoms with Crippen LogP contribution < -0.4 is 0 Å². The predicted molar refractivity (Wildman–Crippen MR) is 125 cm³/mol. The molecule has 0 spiro atoms. The molecule has 0 bridgehead atoms. The lowest BCUT2D eigenvalue weighted by Gasteiger charge is -2.31. The van der Waals surface area contributed by atoms with Crippen molar-refractivity contribution in [2.45, 2.75) is 44.7 Å². The van der Waals surface area contributed by atoms with Gasteiger partial charge in [0.15, 0.2) is 0 Å². The molecule has 0 saturated carbocycles. The first-order valence-corrected chi connectivity index (χ1v) is 11.7. The lowest BCUT2D eigenvalue weighted by Crippen LogP contribution is -2.43. The Morgan fingerprint density at radius 2 is 1.88 bits per heavy atom. The van der Waals surface area contributed by atoms with E-state index in [-0.39, 0.29) is 43.1 Å². The quantitative estimate of drug-likeness (QED) is 0.501. The summed E-state index contributed by atoms with van der Waals surface area (Å²) in [7, 11) is 1.72. The van der Waals surface area contributed by atoms with E-state index in [0.29, 0.717) is 5.56 Å². The molecule has 7 nitrogen and oxygen atoms in total. The van der Waals surface area contributed by atoms with Gasteiger partial charge in [-0.1, -0.05) is 30.3 Å². The van der Waals surface area contributed by atoms with E-state index in [9.17, 15) is 14.4 Å². The van der Waals surface area contributed by atoms with Crippen LogP contribution in [0.1, 0.15) is 47.6 Å². The molecule has 2 aromatic heterocycles. The number of carbonyl (C=O) groups excluding carboxylic acids is 3. The fourth-order valence-corrected chi connectivity index (χ4v) is 5.08. The second kappa shape index (κ2) is 9.23. The fourth-order valence-electron chi connectivity index (χ4n) is 4.18. The zero-order valence-corrected chi connectivity index (χ0v) is 19.7. The third kappa shape index (κ3) is 4.43. The van der Waals surface area contributed by atoms with Gasteiger partial charge in [-0.3, -0.25) is 24.3 Å². The highest BCUT2D eigenvalue weighted by molar-refractivity contribution is 7.09. The summed E-state index contributed by atoms with van der Waals surface area (Å²) in [5, 5.41) is 2.79. The SMILES string of the molecule is Cc1csc(C(C)N(C)C(=O)CC2(c3ccccc3)CC(=O)N(Cc3ccncc3)C2=O)n1. The van der Waals surface area contributed by atoms with Crippen LogP contribution >= 0.6 is 11.3 Å². The minimum Gasteiger partial charge on any atom is -0.337 e. The smallest absolute Gasteiger partial charge is 0.241 e. The zero-order chi connectivity index (χ0) is 23.6. The van der Waals surface area contributed by atoms with E-state index in [1.165, 1.54) is 16.2 Å². The number of carbonyl (C=O) groups is 3. The molecule has 1 aromatic carbocycles. The molecule has 2 atom stereocenters. The number of aromatic nitrogens is 2. The van der Waals surface area contributed by atoms with Crippen molar-refractivity contribution >= 4 is 29.1 Å². The molecule has 170 valence electrons. The van der Waals surface area contributed by atoms with Crippen molar-refractivity contribution in [1.82, 2.24) is 19.8 Å². The van der Waals surface area contributed by atoms with Crippen LogP contribution in [0.15, 0.2) is 60.2 Å². The summed E-state index contributed by atoms with van der Waals surface area (Å²) in [6, 6.07) is 12.5. The number of thiazole rings is 1. The number of nitrogens with zero attached hydrogens (tertiary/aromatic N) is 4. The molecule has 3 aromatic rings. The van der Waals surface area contributed by atoms with Gasteiger partial charge in [-0.25, -0.2) is 4.98 Å². The van der Waals surface area contributed by atoms with Gasteiger partial charge in [0.25, 0.3) is 0 Å². The Morgan fingerprint density at radius 3 is 2.52 bits per heavy atom. The van der Waals surface area contributed by atoms with E-state index in [1.54, 1.807) is 36.5 Å². The van der Waals surface area contributed by atoms with Crippen molar-refractivity contribution in [2.24, 2.45) is 0 Å². The molecule has 0 aliphatic carbocycles. The zero-order valence-electron chi connectivity index (χ0n) is 18.9. The molecule has 8 heteroatoms. The summed E-state index contributed by atoms with van der Waals surface area (Å²) in [4.78, 5) is 51.6. The van der Waals surface area contributed by atoms with Crippen molar-refractivity contribution < 1.29 is 14.4 Å². The van der Waals surface area contributed by atoms with Gasteiger partial charge in [-0.05, 0) is 37.1 Å². The van der Waals surface area contributed by atoms with Crippen LogP contribution in [0.4, 0.5) is 0 Å². The van der Waals surface area contributed by atoms with Crippen LogP contribution in [0, 0.1) is 6.92 Å². The van der Waals surface area contributed by atoms with Crippen molar-refractivity contribution in [1.29, 1.82) is 0 Å². The number of hydrogen-bond donors (Lipinski definition) is 0. The molecule has 33 heavy (non-hydrogen) atoms. The van der Waals surface area contributed by atoms with Crippen molar-refractivity contribution in [2.75, 3.05) is 7.05 Å². The summed E-state index contributed by atoms with van der Waals surface area (Å²) in [6.45, 7) is 4.00. The van der Waals surface area contributed by atoms with E-state index in [4.69, 9.17) is 0 Å². The Hall–Kier alpha value is -3.39. The number of likely N-dealkylation sites (tertiary alicyclic amines) is 1. The molecule has 3 heterocycles. The maximum atomic E-state index is 13.8. The summed E-state index contributed by atoms with van der Waals surface area (Å²) in [5.41, 5.74) is 1.17. The van der Waals surface area contributed by atoms with Gasteiger partial charge in [0, 0.05) is 43.4 Å². The first kappa shape index (κ1) is 22.8. The minimum absolute atomic E-state index is 0.0365. The van der Waals surface area contributed by atoms with E-state index in [2.05, 4.69) is 9.97 Å². The first-order valence-electron chi connectivity index (χ1n) is 10.8. The van der Waals surface area contributed by atoms with E-state index < -0.39 is 5.41 Å². The molecule has 1 aliphatic rings. The van der Waals surface area contributed by atoms with Crippen LogP contribution in [0.3, 0.4) is 0 Å². The maximum Gasteiger partial charge on any atom is 0.241 e. The average molecular weight is 463 g/mol. The number of benzene rings is 1. The van der Waals surface area contributed by atoms with Gasteiger partial charge in [0.05, 0.1) is 18.0 Å². The van der Waals surface area contributed by atoms with Crippen LogP contribution in [0.5, 0.6) is 0 Å². The summed E-state index contributed by atoms with van der Waals surface area (Å²) < 4.78 is 0. The Kier molecular flexibility index (Phi) is 6.37. The second-order valence-electron chi connectivity index (χ2n) is 8.45. The standard InChI is InChI=1S/C25H26N4O3S/c1-17-16-33-23(27-17)18(2)28(3)21(30)13-25(20-7-5-4-6-8-20)14-22(31)29(24(25)32)15-19-9-11-26-12-10-19/h4-12,16,18H,13-15H2,1-3H3. The molecule has 1 aliphatic heterocycles. The summed E-state index contributed by atoms with van der Waals surface area (Å²) in [6.07, 6.45) is 3.14. The number of hydrogen-bond acceptors (Lipinski definition) is 6. The predicted octanol–water partition coefficient (Wildman–Crippen LogP) is 3.65. The minimum atomic E-state index is -1.23. The van der Waals surface area contributed by atoms with Crippen molar-refractivity contribution in [3.8, 4) is 0 Å². The van der Waals surface area contributed by atoms with Crippen molar-refractivity contribution in [3.05, 3.63) is 82.1 Å². The van der Waals surface area contributed by atoms with Crippen LogP contribution in [0.25, 0.3) is 0 Å². The normalized spacial score (nSPS) is 19.1. The Bertz CT molecular complexity index is 1160. The molecular formula is C25H26N4O3S. The summed E-state index contributed by atoms with van der Waals surface area (Å²) >= 11 is 1.50. The number of amides is 3. The molecule has 4 rings (SSSR count). The molecule has 0 N–H and O–H groups in total. The Balaban J connectivity index is 1.63. The summed E-state index contributed by atoms with van der Waals surface area (Å²) in [5.74, 6) is -0.819. The molecule has 2 unspecified atom stereocenters.